The molecule has 0 bridgehead atoms. The van der Waals surface area contributed by atoms with Crippen LogP contribution in [0.25, 0.3) is 0 Å². The van der Waals surface area contributed by atoms with Crippen molar-refractivity contribution in [3.63, 3.8) is 0 Å². The highest BCUT2D eigenvalue weighted by Crippen LogP contribution is 2.18. The fourth-order valence-corrected chi connectivity index (χ4v) is 8.78. The van der Waals surface area contributed by atoms with Gasteiger partial charge in [-0.25, -0.2) is 0 Å². The van der Waals surface area contributed by atoms with E-state index in [0.717, 1.165) is 64.2 Å². The largest absolute Gasteiger partial charge is 0.462 e. The molecule has 0 rings (SSSR count). The highest BCUT2D eigenvalue weighted by Gasteiger charge is 2.24. The van der Waals surface area contributed by atoms with Gasteiger partial charge in [0.05, 0.1) is 25.2 Å². The molecule has 3 N–H and O–H groups in total. The maximum Gasteiger partial charge on any atom is 0.306 e. The molecule has 1 amide bonds. The molecule has 0 fully saturated rings. The first-order valence-corrected chi connectivity index (χ1v) is 28.1. The summed E-state index contributed by atoms with van der Waals surface area (Å²) in [4.78, 5) is 26.2. The van der Waals surface area contributed by atoms with Crippen LogP contribution < -0.4 is 5.32 Å². The second-order valence-electron chi connectivity index (χ2n) is 19.4. The van der Waals surface area contributed by atoms with Gasteiger partial charge in [0.25, 0.3) is 0 Å². The zero-order chi connectivity index (χ0) is 45.9. The van der Waals surface area contributed by atoms with Gasteiger partial charge in [-0.05, 0) is 51.4 Å². The van der Waals surface area contributed by atoms with Gasteiger partial charge in [0.15, 0.2) is 0 Å². The molecule has 0 radical (unpaired) electrons. The summed E-state index contributed by atoms with van der Waals surface area (Å²) in [6.07, 6.45) is 59.5. The zero-order valence-corrected chi connectivity index (χ0v) is 42.5. The number of aliphatic hydroxyl groups is 2. The van der Waals surface area contributed by atoms with Crippen molar-refractivity contribution in [1.82, 2.24) is 5.32 Å². The van der Waals surface area contributed by atoms with Crippen molar-refractivity contribution < 1.29 is 24.5 Å². The summed E-state index contributed by atoms with van der Waals surface area (Å²) < 4.78 is 5.94. The van der Waals surface area contributed by atoms with Crippen LogP contribution in [-0.2, 0) is 14.3 Å². The highest BCUT2D eigenvalue weighted by molar-refractivity contribution is 5.77. The predicted octanol–water partition coefficient (Wildman–Crippen LogP) is 17.1. The molecule has 6 heteroatoms. The Morgan fingerprint density at radius 2 is 0.794 bits per heavy atom. The number of allylic oxidation sites excluding steroid dienone is 4. The minimum Gasteiger partial charge on any atom is -0.462 e. The van der Waals surface area contributed by atoms with E-state index < -0.39 is 18.2 Å². The lowest BCUT2D eigenvalue weighted by atomic mass is 10.0. The van der Waals surface area contributed by atoms with E-state index in [2.05, 4.69) is 50.4 Å². The molecular weight excluding hydrogens is 779 g/mol. The third-order valence-electron chi connectivity index (χ3n) is 13.1. The first-order valence-electron chi connectivity index (χ1n) is 28.1. The topological polar surface area (TPSA) is 95.9 Å². The Morgan fingerprint density at radius 3 is 1.19 bits per heavy atom. The summed E-state index contributed by atoms with van der Waals surface area (Å²) in [5.74, 6) is -0.483. The smallest absolute Gasteiger partial charge is 0.306 e. The number of nitrogens with one attached hydrogen (secondary N) is 1. The van der Waals surface area contributed by atoms with Crippen LogP contribution in [0.5, 0.6) is 0 Å². The van der Waals surface area contributed by atoms with E-state index in [4.69, 9.17) is 4.74 Å². The fourth-order valence-electron chi connectivity index (χ4n) is 8.78. The molecule has 3 unspecified atom stereocenters. The molecule has 372 valence electrons. The summed E-state index contributed by atoms with van der Waals surface area (Å²) in [6, 6.07) is -0.706. The number of aliphatic hydroxyl groups excluding tert-OH is 2. The van der Waals surface area contributed by atoms with Crippen LogP contribution in [0, 0.1) is 0 Å². The van der Waals surface area contributed by atoms with Gasteiger partial charge >= 0.3 is 5.97 Å². The fraction of sp³-hybridized carbons (Fsp3) is 0.895. The molecular formula is C57H109NO5. The van der Waals surface area contributed by atoms with E-state index in [1.54, 1.807) is 0 Å². The van der Waals surface area contributed by atoms with Crippen molar-refractivity contribution in [2.24, 2.45) is 0 Å². The molecule has 3 atom stereocenters. The van der Waals surface area contributed by atoms with Gasteiger partial charge in [-0.2, -0.15) is 0 Å². The average molecular weight is 889 g/mol. The Morgan fingerprint density at radius 1 is 0.460 bits per heavy atom. The summed E-state index contributed by atoms with van der Waals surface area (Å²) in [5.41, 5.74) is 0. The first-order chi connectivity index (χ1) is 31.0. The summed E-state index contributed by atoms with van der Waals surface area (Å²) in [6.45, 7) is 6.50. The van der Waals surface area contributed by atoms with Gasteiger partial charge in [-0.3, -0.25) is 9.59 Å². The van der Waals surface area contributed by atoms with Gasteiger partial charge in [0.1, 0.15) is 6.10 Å². The monoisotopic (exact) mass is 888 g/mol. The maximum absolute atomic E-state index is 13.2. The van der Waals surface area contributed by atoms with Crippen LogP contribution in [0.4, 0.5) is 0 Å². The van der Waals surface area contributed by atoms with Gasteiger partial charge in [0, 0.05) is 6.42 Å². The molecule has 6 nitrogen and oxygen atoms in total. The van der Waals surface area contributed by atoms with Crippen LogP contribution in [0.15, 0.2) is 24.3 Å². The van der Waals surface area contributed by atoms with Gasteiger partial charge < -0.3 is 20.3 Å². The second kappa shape index (κ2) is 51.3. The van der Waals surface area contributed by atoms with Crippen LogP contribution in [-0.4, -0.2) is 46.9 Å². The Labute approximate surface area is 392 Å². The zero-order valence-electron chi connectivity index (χ0n) is 42.5. The van der Waals surface area contributed by atoms with E-state index in [9.17, 15) is 19.8 Å². The first kappa shape index (κ1) is 61.3. The SMILES string of the molecule is CCCCCCCCC/C=C/C=C/CCCCCC(CC(=O)NC(CO)C(O)CCCCCCCCCCCCCCCCC)OC(=O)CCCCCCCCCCCCCCC. The third-order valence-corrected chi connectivity index (χ3v) is 13.1. The number of ether oxygens (including phenoxy) is 1. The minimum atomic E-state index is -0.791. The molecule has 0 aliphatic carbocycles. The lowest BCUT2D eigenvalue weighted by Gasteiger charge is -2.24. The Balaban J connectivity index is 4.57. The van der Waals surface area contributed by atoms with Crippen molar-refractivity contribution in [2.75, 3.05) is 6.61 Å². The third kappa shape index (κ3) is 46.7. The van der Waals surface area contributed by atoms with Crippen molar-refractivity contribution >= 4 is 11.9 Å². The summed E-state index contributed by atoms with van der Waals surface area (Å²) >= 11 is 0. The molecule has 0 spiro atoms. The molecule has 0 aromatic carbocycles. The number of amides is 1. The van der Waals surface area contributed by atoms with Crippen LogP contribution in [0.1, 0.15) is 303 Å². The van der Waals surface area contributed by atoms with Gasteiger partial charge in [-0.15, -0.1) is 0 Å². The van der Waals surface area contributed by atoms with E-state index in [1.165, 1.54) is 193 Å². The molecule has 0 aliphatic heterocycles. The lowest BCUT2D eigenvalue weighted by molar-refractivity contribution is -0.151. The Kier molecular flexibility index (Phi) is 50.0. The van der Waals surface area contributed by atoms with E-state index in [1.807, 2.05) is 0 Å². The van der Waals surface area contributed by atoms with Gasteiger partial charge in [0.2, 0.25) is 5.91 Å². The van der Waals surface area contributed by atoms with E-state index in [-0.39, 0.29) is 24.9 Å². The molecule has 0 saturated carbocycles. The molecule has 0 aliphatic rings. The second-order valence-corrected chi connectivity index (χ2v) is 19.4. The van der Waals surface area contributed by atoms with Crippen LogP contribution >= 0.6 is 0 Å². The standard InChI is InChI=1S/C57H109NO5/c1-4-7-10-13-16-19-22-25-27-29-31-33-36-39-42-45-48-53(63-57(62)50-47-44-41-38-35-30-24-21-18-15-12-9-6-3)51-56(61)58-54(52-59)55(60)49-46-43-40-37-34-32-28-26-23-20-17-14-11-8-5-2/h27,29,31,33,53-55,59-60H,4-26,28,30,32,34-52H2,1-3H3,(H,58,61)/b29-27+,33-31+. The minimum absolute atomic E-state index is 0.0654. The number of esters is 1. The van der Waals surface area contributed by atoms with Gasteiger partial charge in [-0.1, -0.05) is 263 Å². The van der Waals surface area contributed by atoms with Crippen LogP contribution in [0.3, 0.4) is 0 Å². The van der Waals surface area contributed by atoms with Crippen molar-refractivity contribution in [2.45, 2.75) is 322 Å². The number of hydrogen-bond acceptors (Lipinski definition) is 5. The number of unbranched alkanes of at least 4 members (excludes halogenated alkanes) is 36. The lowest BCUT2D eigenvalue weighted by Crippen LogP contribution is -2.46. The average Bonchev–Trinajstić information content (AvgIpc) is 3.28. The van der Waals surface area contributed by atoms with E-state index >= 15 is 0 Å². The van der Waals surface area contributed by atoms with Crippen molar-refractivity contribution in [3.05, 3.63) is 24.3 Å². The van der Waals surface area contributed by atoms with E-state index in [0.29, 0.717) is 19.3 Å². The predicted molar refractivity (Wildman–Crippen MR) is 273 cm³/mol. The Hall–Kier alpha value is -1.66. The quantitative estimate of drug-likeness (QED) is 0.0321. The molecule has 0 saturated heterocycles. The number of carbonyl (C=O) groups is 2. The van der Waals surface area contributed by atoms with Crippen LogP contribution in [0.2, 0.25) is 0 Å². The summed E-state index contributed by atoms with van der Waals surface area (Å²) in [5, 5.41) is 23.8. The molecule has 0 aromatic heterocycles. The highest BCUT2D eigenvalue weighted by atomic mass is 16.5. The number of hydrogen-bond donors (Lipinski definition) is 3. The van der Waals surface area contributed by atoms with Crippen molar-refractivity contribution in [3.8, 4) is 0 Å². The molecule has 0 heterocycles. The molecule has 63 heavy (non-hydrogen) atoms. The maximum atomic E-state index is 13.2. The molecule has 0 aromatic rings. The normalized spacial score (nSPS) is 13.3. The Bertz CT molecular complexity index is 997. The summed E-state index contributed by atoms with van der Waals surface area (Å²) in [7, 11) is 0. The number of rotatable bonds is 51. The number of carbonyl (C=O) groups excluding carboxylic acids is 2. The van der Waals surface area contributed by atoms with Crippen molar-refractivity contribution in [1.29, 1.82) is 0 Å².